The number of sulfonamides is 1. The van der Waals surface area contributed by atoms with Gasteiger partial charge in [0.15, 0.2) is 5.82 Å². The molecule has 19 heavy (non-hydrogen) atoms. The van der Waals surface area contributed by atoms with Gasteiger partial charge < -0.3 is 9.84 Å². The van der Waals surface area contributed by atoms with E-state index >= 15 is 0 Å². The summed E-state index contributed by atoms with van der Waals surface area (Å²) in [5, 5.41) is 12.5. The lowest BCUT2D eigenvalue weighted by Gasteiger charge is -2.08. The van der Waals surface area contributed by atoms with Crippen molar-refractivity contribution in [1.29, 1.82) is 0 Å². The number of carboxylic acid groups (broad SMARTS) is 1. The molecule has 0 aliphatic carbocycles. The third-order valence-electron chi connectivity index (χ3n) is 2.22. The number of rotatable bonds is 6. The molecule has 9 nitrogen and oxygen atoms in total. The highest BCUT2D eigenvalue weighted by Crippen LogP contribution is 2.15. The van der Waals surface area contributed by atoms with Crippen LogP contribution >= 0.6 is 0 Å². The number of hydrogen-bond donors (Lipinski definition) is 2. The minimum atomic E-state index is -3.86. The fourth-order valence-corrected chi connectivity index (χ4v) is 2.31. The first-order valence-corrected chi connectivity index (χ1v) is 6.74. The minimum Gasteiger partial charge on any atom is -0.477 e. The van der Waals surface area contributed by atoms with E-state index in [2.05, 4.69) is 14.6 Å². The summed E-state index contributed by atoms with van der Waals surface area (Å²) in [6.07, 6.45) is 0.701. The second kappa shape index (κ2) is 5.69. The first-order chi connectivity index (χ1) is 8.76. The average Bonchev–Trinajstić information content (AvgIpc) is 2.67. The van der Waals surface area contributed by atoms with Crippen LogP contribution in [0.15, 0.2) is 6.20 Å². The molecule has 1 aromatic rings. The highest BCUT2D eigenvalue weighted by molar-refractivity contribution is 7.92. The van der Waals surface area contributed by atoms with Crippen LogP contribution in [0.5, 0.6) is 0 Å². The zero-order valence-electron chi connectivity index (χ0n) is 10.3. The summed E-state index contributed by atoms with van der Waals surface area (Å²) < 4.78 is 30.9. The number of carbonyl (C=O) groups is 2. The SMILES string of the molecule is COC(=O)CCS(=O)(=O)Nc1c(C(=O)O)cnn1C. The van der Waals surface area contributed by atoms with Gasteiger partial charge in [0.25, 0.3) is 0 Å². The van der Waals surface area contributed by atoms with Crippen LogP contribution in [0.25, 0.3) is 0 Å². The second-order valence-corrected chi connectivity index (χ2v) is 5.42. The molecule has 106 valence electrons. The van der Waals surface area contributed by atoms with Gasteiger partial charge in [0.05, 0.1) is 25.5 Å². The Kier molecular flexibility index (Phi) is 4.48. The van der Waals surface area contributed by atoms with E-state index in [0.717, 1.165) is 18.0 Å². The Morgan fingerprint density at radius 3 is 2.68 bits per heavy atom. The van der Waals surface area contributed by atoms with E-state index in [0.29, 0.717) is 0 Å². The number of methoxy groups -OCH3 is 1. The Morgan fingerprint density at radius 1 is 1.53 bits per heavy atom. The van der Waals surface area contributed by atoms with Gasteiger partial charge >= 0.3 is 11.9 Å². The average molecular weight is 291 g/mol. The lowest BCUT2D eigenvalue weighted by molar-refractivity contribution is -0.140. The van der Waals surface area contributed by atoms with Gasteiger partial charge in [-0.1, -0.05) is 0 Å². The zero-order valence-corrected chi connectivity index (χ0v) is 11.1. The molecule has 2 N–H and O–H groups in total. The van der Waals surface area contributed by atoms with Crippen molar-refractivity contribution in [2.75, 3.05) is 17.6 Å². The maximum atomic E-state index is 11.7. The molecule has 0 aliphatic rings. The largest absolute Gasteiger partial charge is 0.477 e. The van der Waals surface area contributed by atoms with Crippen LogP contribution in [0.4, 0.5) is 5.82 Å². The molecule has 0 atom stereocenters. The maximum absolute atomic E-state index is 11.7. The number of anilines is 1. The number of aromatic carboxylic acids is 1. The predicted molar refractivity (Wildman–Crippen MR) is 64.2 cm³/mol. The molecule has 1 heterocycles. The topological polar surface area (TPSA) is 128 Å². The number of aryl methyl sites for hydroxylation is 1. The van der Waals surface area contributed by atoms with Crippen LogP contribution in [-0.2, 0) is 26.6 Å². The second-order valence-electron chi connectivity index (χ2n) is 3.58. The third kappa shape index (κ3) is 3.95. The van der Waals surface area contributed by atoms with Gasteiger partial charge in [0.1, 0.15) is 5.56 Å². The summed E-state index contributed by atoms with van der Waals surface area (Å²) >= 11 is 0. The summed E-state index contributed by atoms with van der Waals surface area (Å²) in [7, 11) is -1.32. The molecule has 0 radical (unpaired) electrons. The van der Waals surface area contributed by atoms with Crippen molar-refractivity contribution >= 4 is 27.8 Å². The van der Waals surface area contributed by atoms with E-state index in [1.54, 1.807) is 0 Å². The number of ether oxygens (including phenoxy) is 1. The van der Waals surface area contributed by atoms with Crippen molar-refractivity contribution in [3.05, 3.63) is 11.8 Å². The summed E-state index contributed by atoms with van der Waals surface area (Å²) in [6.45, 7) is 0. The molecule has 1 aromatic heterocycles. The van der Waals surface area contributed by atoms with Crippen molar-refractivity contribution in [1.82, 2.24) is 9.78 Å². The molecule has 0 unspecified atom stereocenters. The lowest BCUT2D eigenvalue weighted by Crippen LogP contribution is -2.22. The molecule has 1 rings (SSSR count). The number of nitrogens with one attached hydrogen (secondary N) is 1. The third-order valence-corrected chi connectivity index (χ3v) is 3.47. The molecular formula is C9H13N3O6S. The molecule has 0 saturated carbocycles. The molecule has 0 fully saturated rings. The molecule has 0 saturated heterocycles. The quantitative estimate of drug-likeness (QED) is 0.671. The molecule has 0 aromatic carbocycles. The standard InChI is InChI=1S/C9H13N3O6S/c1-12-8(6(5-10-12)9(14)15)11-19(16,17)4-3-7(13)18-2/h5,11H,3-4H2,1-2H3,(H,14,15). The molecule has 0 amide bonds. The summed E-state index contributed by atoms with van der Waals surface area (Å²) in [5.74, 6) is -2.66. The van der Waals surface area contributed by atoms with Crippen LogP contribution in [0.3, 0.4) is 0 Å². The summed E-state index contributed by atoms with van der Waals surface area (Å²) in [6, 6.07) is 0. The first kappa shape index (κ1) is 15.0. The fourth-order valence-electron chi connectivity index (χ4n) is 1.23. The van der Waals surface area contributed by atoms with E-state index in [-0.39, 0.29) is 17.8 Å². The zero-order chi connectivity index (χ0) is 14.6. The number of carboxylic acids is 1. The van der Waals surface area contributed by atoms with Gasteiger partial charge in [0, 0.05) is 7.05 Å². The van der Waals surface area contributed by atoms with E-state index in [1.165, 1.54) is 7.05 Å². The number of nitrogens with zero attached hydrogens (tertiary/aromatic N) is 2. The Balaban J connectivity index is 2.87. The number of aromatic nitrogens is 2. The van der Waals surface area contributed by atoms with E-state index in [1.807, 2.05) is 0 Å². The van der Waals surface area contributed by atoms with Crippen LogP contribution in [0, 0.1) is 0 Å². The maximum Gasteiger partial charge on any atom is 0.341 e. The number of hydrogen-bond acceptors (Lipinski definition) is 6. The van der Waals surface area contributed by atoms with Gasteiger partial charge in [-0.15, -0.1) is 0 Å². The predicted octanol–water partition coefficient (Wildman–Crippen LogP) is -0.577. The highest BCUT2D eigenvalue weighted by Gasteiger charge is 2.21. The molecule has 10 heteroatoms. The van der Waals surface area contributed by atoms with Crippen molar-refractivity contribution in [2.45, 2.75) is 6.42 Å². The van der Waals surface area contributed by atoms with Gasteiger partial charge in [-0.05, 0) is 0 Å². The first-order valence-electron chi connectivity index (χ1n) is 5.09. The monoisotopic (exact) mass is 291 g/mol. The van der Waals surface area contributed by atoms with E-state index in [9.17, 15) is 18.0 Å². The molecule has 0 spiro atoms. The smallest absolute Gasteiger partial charge is 0.341 e. The molecular weight excluding hydrogens is 278 g/mol. The van der Waals surface area contributed by atoms with Gasteiger partial charge in [0.2, 0.25) is 10.0 Å². The summed E-state index contributed by atoms with van der Waals surface area (Å²) in [4.78, 5) is 21.7. The summed E-state index contributed by atoms with van der Waals surface area (Å²) in [5.41, 5.74) is -0.274. The Labute approximate surface area is 109 Å². The fraction of sp³-hybridized carbons (Fsp3) is 0.444. The normalized spacial score (nSPS) is 11.1. The number of carbonyl (C=O) groups excluding carboxylic acids is 1. The van der Waals surface area contributed by atoms with Gasteiger partial charge in [-0.3, -0.25) is 14.2 Å². The van der Waals surface area contributed by atoms with Crippen molar-refractivity contribution in [3.8, 4) is 0 Å². The van der Waals surface area contributed by atoms with Crippen molar-refractivity contribution < 1.29 is 27.9 Å². The lowest BCUT2D eigenvalue weighted by atomic mass is 10.3. The molecule has 0 aliphatic heterocycles. The van der Waals surface area contributed by atoms with Crippen LogP contribution in [0.2, 0.25) is 0 Å². The van der Waals surface area contributed by atoms with Crippen molar-refractivity contribution in [2.24, 2.45) is 7.05 Å². The Bertz CT molecular complexity index is 591. The number of esters is 1. The van der Waals surface area contributed by atoms with Crippen LogP contribution in [-0.4, -0.2) is 48.1 Å². The van der Waals surface area contributed by atoms with Crippen LogP contribution < -0.4 is 4.72 Å². The van der Waals surface area contributed by atoms with E-state index < -0.39 is 27.7 Å². The van der Waals surface area contributed by atoms with Gasteiger partial charge in [-0.25, -0.2) is 13.2 Å². The Hall–Kier alpha value is -2.10. The van der Waals surface area contributed by atoms with Gasteiger partial charge in [-0.2, -0.15) is 5.10 Å². The van der Waals surface area contributed by atoms with Crippen LogP contribution in [0.1, 0.15) is 16.8 Å². The van der Waals surface area contributed by atoms with Crippen molar-refractivity contribution in [3.63, 3.8) is 0 Å². The Morgan fingerprint density at radius 2 is 2.16 bits per heavy atom. The highest BCUT2D eigenvalue weighted by atomic mass is 32.2. The minimum absolute atomic E-state index is 0.169. The molecule has 0 bridgehead atoms. The van der Waals surface area contributed by atoms with E-state index in [4.69, 9.17) is 5.11 Å².